The SMILES string of the molecule is O=C(Cn1c(=O)cc(-c2nc(-c3ccccn3)no2)c2ccccc21)NCc1cccs1. The van der Waals surface area contributed by atoms with Crippen molar-refractivity contribution in [2.45, 2.75) is 13.1 Å². The van der Waals surface area contributed by atoms with E-state index in [-0.39, 0.29) is 23.9 Å². The summed E-state index contributed by atoms with van der Waals surface area (Å²) in [6, 6.07) is 18.0. The van der Waals surface area contributed by atoms with Crippen LogP contribution >= 0.6 is 11.3 Å². The third kappa shape index (κ3) is 3.93. The summed E-state index contributed by atoms with van der Waals surface area (Å²) in [5.74, 6) is 0.309. The minimum absolute atomic E-state index is 0.0893. The van der Waals surface area contributed by atoms with Gasteiger partial charge in [0.15, 0.2) is 0 Å². The molecule has 1 aromatic carbocycles. The third-order valence-corrected chi connectivity index (χ3v) is 5.79. The van der Waals surface area contributed by atoms with Crippen LogP contribution in [0.3, 0.4) is 0 Å². The average molecular weight is 443 g/mol. The summed E-state index contributed by atoms with van der Waals surface area (Å²) in [6.45, 7) is 0.341. The number of hydrogen-bond acceptors (Lipinski definition) is 7. The Balaban J connectivity index is 1.48. The predicted molar refractivity (Wildman–Crippen MR) is 121 cm³/mol. The van der Waals surface area contributed by atoms with E-state index in [9.17, 15) is 9.59 Å². The lowest BCUT2D eigenvalue weighted by molar-refractivity contribution is -0.121. The molecular weight excluding hydrogens is 426 g/mol. The highest BCUT2D eigenvalue weighted by molar-refractivity contribution is 7.09. The molecule has 9 heteroatoms. The van der Waals surface area contributed by atoms with Crippen molar-refractivity contribution in [3.05, 3.63) is 87.5 Å². The predicted octanol–water partition coefficient (Wildman–Crippen LogP) is 3.49. The Hall–Kier alpha value is -4.11. The van der Waals surface area contributed by atoms with Crippen molar-refractivity contribution in [3.63, 3.8) is 0 Å². The maximum atomic E-state index is 13.0. The molecule has 0 unspecified atom stereocenters. The summed E-state index contributed by atoms with van der Waals surface area (Å²) in [6.07, 6.45) is 1.64. The van der Waals surface area contributed by atoms with Gasteiger partial charge in [0.2, 0.25) is 11.7 Å². The number of benzene rings is 1. The maximum absolute atomic E-state index is 13.0. The average Bonchev–Trinajstić information content (AvgIpc) is 3.52. The van der Waals surface area contributed by atoms with E-state index in [1.54, 1.807) is 35.7 Å². The van der Waals surface area contributed by atoms with Gasteiger partial charge in [0, 0.05) is 22.5 Å². The minimum atomic E-state index is -0.331. The summed E-state index contributed by atoms with van der Waals surface area (Å²) in [5, 5.41) is 9.54. The van der Waals surface area contributed by atoms with Crippen LogP contribution in [0.25, 0.3) is 33.9 Å². The summed E-state index contributed by atoms with van der Waals surface area (Å²) in [7, 11) is 0. The van der Waals surface area contributed by atoms with Gasteiger partial charge in [0.05, 0.1) is 17.6 Å². The molecule has 0 saturated heterocycles. The lowest BCUT2D eigenvalue weighted by Gasteiger charge is -2.12. The Kier molecular flexibility index (Phi) is 5.30. The monoisotopic (exact) mass is 443 g/mol. The van der Waals surface area contributed by atoms with Crippen molar-refractivity contribution < 1.29 is 9.32 Å². The molecule has 0 fully saturated rings. The summed E-state index contributed by atoms with van der Waals surface area (Å²) in [5.41, 5.74) is 1.36. The first-order valence-corrected chi connectivity index (χ1v) is 10.7. The van der Waals surface area contributed by atoms with Crippen molar-refractivity contribution in [2.75, 3.05) is 0 Å². The van der Waals surface area contributed by atoms with Gasteiger partial charge in [0.1, 0.15) is 12.2 Å². The van der Waals surface area contributed by atoms with Gasteiger partial charge in [-0.25, -0.2) is 0 Å². The van der Waals surface area contributed by atoms with Gasteiger partial charge in [-0.2, -0.15) is 4.98 Å². The molecule has 5 aromatic rings. The molecule has 32 heavy (non-hydrogen) atoms. The zero-order valence-corrected chi connectivity index (χ0v) is 17.6. The molecule has 158 valence electrons. The molecule has 0 aliphatic heterocycles. The molecule has 0 saturated carbocycles. The molecule has 1 N–H and O–H groups in total. The van der Waals surface area contributed by atoms with Gasteiger partial charge < -0.3 is 9.84 Å². The van der Waals surface area contributed by atoms with Crippen LogP contribution in [-0.4, -0.2) is 25.6 Å². The summed E-state index contributed by atoms with van der Waals surface area (Å²) < 4.78 is 6.88. The number of amides is 1. The fraction of sp³-hybridized carbons (Fsp3) is 0.0870. The van der Waals surface area contributed by atoms with Gasteiger partial charge in [-0.3, -0.25) is 19.1 Å². The number of nitrogens with one attached hydrogen (secondary N) is 1. The minimum Gasteiger partial charge on any atom is -0.350 e. The van der Waals surface area contributed by atoms with Crippen molar-refractivity contribution in [2.24, 2.45) is 0 Å². The maximum Gasteiger partial charge on any atom is 0.259 e. The standard InChI is InChI=1S/C23H17N5O3S/c29-20(25-13-15-6-5-11-32-15)14-28-19-9-2-1-7-16(19)17(12-21(28)30)23-26-22(27-31-23)18-8-3-4-10-24-18/h1-12H,13-14H2,(H,25,29). The highest BCUT2D eigenvalue weighted by Crippen LogP contribution is 2.27. The van der Waals surface area contributed by atoms with Crippen molar-refractivity contribution >= 4 is 28.1 Å². The Bertz CT molecular complexity index is 1440. The number of carbonyl (C=O) groups excluding carboxylic acids is 1. The van der Waals surface area contributed by atoms with E-state index < -0.39 is 0 Å². The Morgan fingerprint density at radius 3 is 2.78 bits per heavy atom. The number of nitrogens with zero attached hydrogens (tertiary/aromatic N) is 4. The van der Waals surface area contributed by atoms with Gasteiger partial charge in [-0.05, 0) is 29.6 Å². The van der Waals surface area contributed by atoms with E-state index in [1.165, 1.54) is 10.6 Å². The summed E-state index contributed by atoms with van der Waals surface area (Å²) >= 11 is 1.57. The molecule has 0 atom stereocenters. The van der Waals surface area contributed by atoms with Crippen LogP contribution in [0.5, 0.6) is 0 Å². The molecule has 0 radical (unpaired) electrons. The Morgan fingerprint density at radius 1 is 1.09 bits per heavy atom. The van der Waals surface area contributed by atoms with Gasteiger partial charge in [-0.15, -0.1) is 11.3 Å². The quantitative estimate of drug-likeness (QED) is 0.431. The lowest BCUT2D eigenvalue weighted by Crippen LogP contribution is -2.32. The van der Waals surface area contributed by atoms with Gasteiger partial charge >= 0.3 is 0 Å². The van der Waals surface area contributed by atoms with E-state index in [0.717, 1.165) is 10.3 Å². The zero-order chi connectivity index (χ0) is 21.9. The second-order valence-corrected chi connectivity index (χ2v) is 8.03. The number of pyridine rings is 2. The molecule has 4 heterocycles. The number of aromatic nitrogens is 4. The zero-order valence-electron chi connectivity index (χ0n) is 16.8. The van der Waals surface area contributed by atoms with Crippen molar-refractivity contribution in [3.8, 4) is 23.0 Å². The highest BCUT2D eigenvalue weighted by atomic mass is 32.1. The fourth-order valence-corrected chi connectivity index (χ4v) is 4.05. The Morgan fingerprint density at radius 2 is 1.97 bits per heavy atom. The normalized spacial score (nSPS) is 11.0. The molecule has 8 nitrogen and oxygen atoms in total. The molecule has 4 aromatic heterocycles. The first-order chi connectivity index (χ1) is 15.7. The van der Waals surface area contributed by atoms with E-state index in [1.807, 2.05) is 41.8 Å². The van der Waals surface area contributed by atoms with Crippen LogP contribution < -0.4 is 10.9 Å². The Labute approximate surface area is 186 Å². The van der Waals surface area contributed by atoms with Crippen LogP contribution in [0.1, 0.15) is 4.88 Å². The van der Waals surface area contributed by atoms with Crippen LogP contribution in [0.2, 0.25) is 0 Å². The topological polar surface area (TPSA) is 103 Å². The van der Waals surface area contributed by atoms with Gasteiger partial charge in [0.25, 0.3) is 11.4 Å². The first kappa shape index (κ1) is 19.8. The molecule has 1 amide bonds. The van der Waals surface area contributed by atoms with E-state index in [0.29, 0.717) is 29.1 Å². The molecule has 5 rings (SSSR count). The smallest absolute Gasteiger partial charge is 0.259 e. The highest BCUT2D eigenvalue weighted by Gasteiger charge is 2.18. The van der Waals surface area contributed by atoms with Crippen molar-refractivity contribution in [1.82, 2.24) is 25.0 Å². The van der Waals surface area contributed by atoms with Crippen LogP contribution in [0, 0.1) is 0 Å². The number of thiophene rings is 1. The first-order valence-electron chi connectivity index (χ1n) is 9.86. The van der Waals surface area contributed by atoms with E-state index in [4.69, 9.17) is 4.52 Å². The van der Waals surface area contributed by atoms with Crippen LogP contribution in [0.15, 0.2) is 81.6 Å². The molecule has 0 aliphatic rings. The molecular formula is C23H17N5O3S. The number of rotatable bonds is 6. The number of para-hydroxylation sites is 1. The van der Waals surface area contributed by atoms with Crippen molar-refractivity contribution in [1.29, 1.82) is 0 Å². The molecule has 0 bridgehead atoms. The fourth-order valence-electron chi connectivity index (χ4n) is 3.40. The van der Waals surface area contributed by atoms with Gasteiger partial charge in [-0.1, -0.05) is 35.5 Å². The molecule has 0 spiro atoms. The second kappa shape index (κ2) is 8.56. The number of hydrogen-bond donors (Lipinski definition) is 1. The largest absolute Gasteiger partial charge is 0.350 e. The summed E-state index contributed by atoms with van der Waals surface area (Å²) in [4.78, 5) is 35.2. The van der Waals surface area contributed by atoms with Crippen LogP contribution in [0.4, 0.5) is 0 Å². The molecule has 0 aliphatic carbocycles. The lowest BCUT2D eigenvalue weighted by atomic mass is 10.1. The van der Waals surface area contributed by atoms with E-state index in [2.05, 4.69) is 20.4 Å². The van der Waals surface area contributed by atoms with E-state index >= 15 is 0 Å². The number of carbonyl (C=O) groups is 1. The number of fused-ring (bicyclic) bond motifs is 1. The third-order valence-electron chi connectivity index (χ3n) is 4.91. The second-order valence-electron chi connectivity index (χ2n) is 6.99. The van der Waals surface area contributed by atoms with Crippen LogP contribution in [-0.2, 0) is 17.9 Å².